The van der Waals surface area contributed by atoms with Gasteiger partial charge in [-0.25, -0.2) is 14.5 Å². The van der Waals surface area contributed by atoms with E-state index in [1.807, 2.05) is 49.8 Å². The number of para-hydroxylation sites is 1. The molecule has 1 aliphatic heterocycles. The van der Waals surface area contributed by atoms with Crippen LogP contribution in [-0.4, -0.2) is 22.3 Å². The molecule has 0 amide bonds. The number of benzene rings is 1. The van der Waals surface area contributed by atoms with Gasteiger partial charge >= 0.3 is 12.4 Å². The Kier molecular flexibility index (Phi) is 5.53. The summed E-state index contributed by atoms with van der Waals surface area (Å²) in [7, 11) is 0. The van der Waals surface area contributed by atoms with Crippen molar-refractivity contribution in [2.24, 2.45) is 4.99 Å². The van der Waals surface area contributed by atoms with Crippen LogP contribution in [0, 0.1) is 0 Å². The fraction of sp³-hybridized carbons (Fsp3) is 0.304. The SMILES string of the molecule is CC1=Nc2ccc(-c3cnc(C(C)C)nc3)c[n+]2C1Cc1ccccc1OC(F)F. The molecule has 1 aromatic carbocycles. The Morgan fingerprint density at radius 3 is 2.47 bits per heavy atom. The zero-order chi connectivity index (χ0) is 21.3. The smallest absolute Gasteiger partial charge is 0.387 e. The quantitative estimate of drug-likeness (QED) is 0.536. The van der Waals surface area contributed by atoms with Crippen LogP contribution in [0.2, 0.25) is 0 Å². The van der Waals surface area contributed by atoms with Gasteiger partial charge in [0.15, 0.2) is 11.8 Å². The Morgan fingerprint density at radius 1 is 1.03 bits per heavy atom. The molecular formula is C23H23F2N4O+. The molecule has 0 N–H and O–H groups in total. The van der Waals surface area contributed by atoms with Gasteiger partial charge in [-0.15, -0.1) is 0 Å². The summed E-state index contributed by atoms with van der Waals surface area (Å²) < 4.78 is 32.3. The first-order valence-corrected chi connectivity index (χ1v) is 9.88. The average Bonchev–Trinajstić information content (AvgIpc) is 3.03. The Balaban J connectivity index is 1.65. The van der Waals surface area contributed by atoms with Gasteiger partial charge in [-0.05, 0) is 22.7 Å². The Labute approximate surface area is 174 Å². The molecule has 3 heterocycles. The summed E-state index contributed by atoms with van der Waals surface area (Å²) in [5, 5.41) is 0. The summed E-state index contributed by atoms with van der Waals surface area (Å²) >= 11 is 0. The van der Waals surface area contributed by atoms with Crippen molar-refractivity contribution in [3.05, 3.63) is 66.4 Å². The van der Waals surface area contributed by atoms with Crippen LogP contribution in [0.15, 0.2) is 60.0 Å². The van der Waals surface area contributed by atoms with Gasteiger partial charge in [0.05, 0.1) is 6.20 Å². The first-order valence-electron chi connectivity index (χ1n) is 9.88. The predicted octanol–water partition coefficient (Wildman–Crippen LogP) is 5.05. The lowest BCUT2D eigenvalue weighted by Crippen LogP contribution is -2.40. The van der Waals surface area contributed by atoms with Gasteiger partial charge < -0.3 is 4.74 Å². The van der Waals surface area contributed by atoms with E-state index < -0.39 is 6.61 Å². The molecule has 3 aromatic rings. The van der Waals surface area contributed by atoms with Gasteiger partial charge in [0.1, 0.15) is 11.6 Å². The lowest BCUT2D eigenvalue weighted by atomic mass is 10.0. The molecule has 0 saturated carbocycles. The van der Waals surface area contributed by atoms with E-state index in [1.165, 1.54) is 0 Å². The van der Waals surface area contributed by atoms with Crippen LogP contribution in [0.3, 0.4) is 0 Å². The molecule has 0 saturated heterocycles. The van der Waals surface area contributed by atoms with Crippen LogP contribution in [0.5, 0.6) is 5.75 Å². The van der Waals surface area contributed by atoms with Crippen LogP contribution in [0.4, 0.5) is 14.6 Å². The van der Waals surface area contributed by atoms with Crippen LogP contribution in [0.25, 0.3) is 11.1 Å². The number of hydrogen-bond donors (Lipinski definition) is 0. The molecule has 154 valence electrons. The van der Waals surface area contributed by atoms with E-state index in [0.717, 1.165) is 28.5 Å². The number of alkyl halides is 2. The summed E-state index contributed by atoms with van der Waals surface area (Å²) in [6.07, 6.45) is 6.18. The fourth-order valence-electron chi connectivity index (χ4n) is 3.60. The van der Waals surface area contributed by atoms with E-state index in [4.69, 9.17) is 4.74 Å². The van der Waals surface area contributed by atoms with Crippen molar-refractivity contribution in [3.8, 4) is 16.9 Å². The predicted molar refractivity (Wildman–Crippen MR) is 110 cm³/mol. The van der Waals surface area contributed by atoms with Gasteiger partial charge in [0, 0.05) is 48.8 Å². The van der Waals surface area contributed by atoms with Gasteiger partial charge in [-0.1, -0.05) is 32.0 Å². The number of aromatic nitrogens is 3. The second-order valence-corrected chi connectivity index (χ2v) is 7.63. The third-order valence-electron chi connectivity index (χ3n) is 5.19. The molecule has 5 nitrogen and oxygen atoms in total. The van der Waals surface area contributed by atoms with Crippen molar-refractivity contribution in [2.45, 2.75) is 45.8 Å². The van der Waals surface area contributed by atoms with Crippen molar-refractivity contribution in [3.63, 3.8) is 0 Å². The van der Waals surface area contributed by atoms with E-state index in [2.05, 4.69) is 33.4 Å². The molecule has 1 aliphatic rings. The van der Waals surface area contributed by atoms with E-state index >= 15 is 0 Å². The van der Waals surface area contributed by atoms with Crippen molar-refractivity contribution < 1.29 is 18.1 Å². The number of ether oxygens (including phenoxy) is 1. The zero-order valence-electron chi connectivity index (χ0n) is 17.1. The summed E-state index contributed by atoms with van der Waals surface area (Å²) in [5.74, 6) is 2.10. The number of rotatable bonds is 6. The molecule has 1 unspecified atom stereocenters. The number of halogens is 2. The third kappa shape index (κ3) is 4.06. The monoisotopic (exact) mass is 409 g/mol. The molecule has 0 aliphatic carbocycles. The largest absolute Gasteiger partial charge is 0.435 e. The molecule has 7 heteroatoms. The molecule has 0 radical (unpaired) electrons. The maximum Gasteiger partial charge on any atom is 0.387 e. The van der Waals surface area contributed by atoms with Crippen molar-refractivity contribution in [2.75, 3.05) is 0 Å². The zero-order valence-corrected chi connectivity index (χ0v) is 17.1. The Hall–Kier alpha value is -3.22. The topological polar surface area (TPSA) is 51.2 Å². The second kappa shape index (κ2) is 8.26. The molecule has 30 heavy (non-hydrogen) atoms. The fourth-order valence-corrected chi connectivity index (χ4v) is 3.60. The van der Waals surface area contributed by atoms with E-state index in [9.17, 15) is 8.78 Å². The minimum absolute atomic E-state index is 0.0850. The summed E-state index contributed by atoms with van der Waals surface area (Å²) in [6, 6.07) is 10.8. The second-order valence-electron chi connectivity index (χ2n) is 7.63. The molecular weight excluding hydrogens is 386 g/mol. The summed E-state index contributed by atoms with van der Waals surface area (Å²) in [6.45, 7) is 3.21. The van der Waals surface area contributed by atoms with E-state index in [0.29, 0.717) is 12.0 Å². The molecule has 0 spiro atoms. The number of aliphatic imine (C=N–C) groups is 1. The van der Waals surface area contributed by atoms with Gasteiger partial charge in [-0.2, -0.15) is 8.78 Å². The Morgan fingerprint density at radius 2 is 1.77 bits per heavy atom. The molecule has 4 rings (SSSR count). The minimum atomic E-state index is -2.86. The molecule has 0 bridgehead atoms. The number of pyridine rings is 1. The molecule has 2 aromatic heterocycles. The highest BCUT2D eigenvalue weighted by molar-refractivity contribution is 5.88. The standard InChI is InChI=1S/C23H23F2N4O/c1-14(2)22-26-11-18(12-27-22)17-8-9-21-28-15(3)19(29(21)13-17)10-16-6-4-5-7-20(16)30-23(24)25/h4-9,11-14,19,23H,10H2,1-3H3/q+1. The normalized spacial score (nSPS) is 15.4. The van der Waals surface area contributed by atoms with Crippen LogP contribution in [0.1, 0.15) is 44.1 Å². The van der Waals surface area contributed by atoms with E-state index in [1.54, 1.807) is 12.1 Å². The summed E-state index contributed by atoms with van der Waals surface area (Å²) in [5.41, 5.74) is 3.53. The maximum absolute atomic E-state index is 12.8. The average molecular weight is 409 g/mol. The molecule has 0 fully saturated rings. The van der Waals surface area contributed by atoms with Gasteiger partial charge in [-0.3, -0.25) is 0 Å². The number of hydrogen-bond acceptors (Lipinski definition) is 4. The van der Waals surface area contributed by atoms with E-state index in [-0.39, 0.29) is 17.7 Å². The highest BCUT2D eigenvalue weighted by atomic mass is 19.3. The van der Waals surface area contributed by atoms with Gasteiger partial charge in [0.2, 0.25) is 0 Å². The maximum atomic E-state index is 12.8. The lowest BCUT2D eigenvalue weighted by Gasteiger charge is -2.14. The minimum Gasteiger partial charge on any atom is -0.435 e. The number of nitrogens with zero attached hydrogens (tertiary/aromatic N) is 4. The van der Waals surface area contributed by atoms with Crippen LogP contribution < -0.4 is 9.30 Å². The lowest BCUT2D eigenvalue weighted by molar-refractivity contribution is -0.688. The van der Waals surface area contributed by atoms with Crippen molar-refractivity contribution >= 4 is 11.5 Å². The highest BCUT2D eigenvalue weighted by Crippen LogP contribution is 2.29. The van der Waals surface area contributed by atoms with Crippen LogP contribution >= 0.6 is 0 Å². The van der Waals surface area contributed by atoms with Crippen molar-refractivity contribution in [1.82, 2.24) is 9.97 Å². The number of fused-ring (bicyclic) bond motifs is 1. The third-order valence-corrected chi connectivity index (χ3v) is 5.19. The first-order chi connectivity index (χ1) is 14.4. The first kappa shape index (κ1) is 20.1. The van der Waals surface area contributed by atoms with Crippen molar-refractivity contribution in [1.29, 1.82) is 0 Å². The molecule has 1 atom stereocenters. The highest BCUT2D eigenvalue weighted by Gasteiger charge is 2.34. The van der Waals surface area contributed by atoms with Gasteiger partial charge in [0.25, 0.3) is 0 Å². The Bertz CT molecular complexity index is 1080. The summed E-state index contributed by atoms with van der Waals surface area (Å²) in [4.78, 5) is 13.6. The van der Waals surface area contributed by atoms with Crippen LogP contribution in [-0.2, 0) is 6.42 Å².